The van der Waals surface area contributed by atoms with Gasteiger partial charge in [-0.05, 0) is 57.8 Å². The van der Waals surface area contributed by atoms with Crippen LogP contribution in [-0.2, 0) is 16.0 Å². The van der Waals surface area contributed by atoms with E-state index in [1.54, 1.807) is 6.42 Å². The molecule has 2 rings (SSSR count). The molecular formula is C19H28N3O3. The topological polar surface area (TPSA) is 95.7 Å². The molecule has 0 unspecified atom stereocenters. The summed E-state index contributed by atoms with van der Waals surface area (Å²) in [5.74, 6) is -2.09. The minimum Gasteiger partial charge on any atom is -0.393 e. The maximum absolute atomic E-state index is 12.4. The predicted octanol–water partition coefficient (Wildman–Crippen LogP) is 0.496. The Morgan fingerprint density at radius 1 is 1.32 bits per heavy atom. The molecule has 137 valence electrons. The Labute approximate surface area is 149 Å². The number of carbonyl (C=O) groups excluding carboxylic acids is 2. The number of nitrogens with two attached hydrogens (primary N) is 1. The van der Waals surface area contributed by atoms with Crippen molar-refractivity contribution in [3.05, 3.63) is 42.3 Å². The number of hydrogen-bond donors (Lipinski definition) is 3. The molecule has 1 aromatic carbocycles. The largest absolute Gasteiger partial charge is 0.393 e. The molecule has 1 saturated heterocycles. The van der Waals surface area contributed by atoms with Crippen molar-refractivity contribution in [3.8, 4) is 0 Å². The van der Waals surface area contributed by atoms with Gasteiger partial charge in [0.2, 0.25) is 11.8 Å². The van der Waals surface area contributed by atoms with Crippen LogP contribution in [0, 0.1) is 12.3 Å². The highest BCUT2D eigenvalue weighted by Crippen LogP contribution is 2.14. The number of piperidine rings is 1. The maximum atomic E-state index is 12.4. The SMILES string of the molecule is CN1CCC(NC(=O)[C@H](C[C@@H](O)[CH]Cc2ccccc2)C(N)=O)CC1. The zero-order valence-electron chi connectivity index (χ0n) is 14.7. The van der Waals surface area contributed by atoms with Crippen LogP contribution in [0.4, 0.5) is 0 Å². The lowest BCUT2D eigenvalue weighted by atomic mass is 9.95. The molecule has 2 atom stereocenters. The number of aliphatic hydroxyl groups is 1. The fourth-order valence-corrected chi connectivity index (χ4v) is 3.03. The fourth-order valence-electron chi connectivity index (χ4n) is 3.03. The highest BCUT2D eigenvalue weighted by molar-refractivity contribution is 5.99. The summed E-state index contributed by atoms with van der Waals surface area (Å²) < 4.78 is 0. The van der Waals surface area contributed by atoms with E-state index in [4.69, 9.17) is 5.73 Å². The van der Waals surface area contributed by atoms with E-state index in [0.717, 1.165) is 31.5 Å². The van der Waals surface area contributed by atoms with Crippen molar-refractivity contribution in [2.45, 2.75) is 37.8 Å². The van der Waals surface area contributed by atoms with E-state index in [-0.39, 0.29) is 18.4 Å². The number of likely N-dealkylation sites (tertiary alicyclic amines) is 1. The van der Waals surface area contributed by atoms with E-state index in [2.05, 4.69) is 10.2 Å². The number of carbonyl (C=O) groups is 2. The molecule has 1 heterocycles. The van der Waals surface area contributed by atoms with Gasteiger partial charge in [0, 0.05) is 6.04 Å². The zero-order chi connectivity index (χ0) is 18.2. The molecule has 25 heavy (non-hydrogen) atoms. The van der Waals surface area contributed by atoms with Gasteiger partial charge < -0.3 is 21.1 Å². The van der Waals surface area contributed by atoms with Crippen molar-refractivity contribution in [2.24, 2.45) is 11.7 Å². The number of nitrogens with one attached hydrogen (secondary N) is 1. The molecule has 2 amide bonds. The molecule has 0 aliphatic carbocycles. The Bertz CT molecular complexity index is 556. The molecule has 6 heteroatoms. The molecule has 1 aliphatic rings. The number of hydrogen-bond acceptors (Lipinski definition) is 4. The number of amides is 2. The Kier molecular flexibility index (Phi) is 7.40. The summed E-state index contributed by atoms with van der Waals surface area (Å²) in [4.78, 5) is 26.3. The van der Waals surface area contributed by atoms with Gasteiger partial charge in [0.25, 0.3) is 0 Å². The summed E-state index contributed by atoms with van der Waals surface area (Å²) in [5, 5.41) is 13.1. The van der Waals surface area contributed by atoms with E-state index >= 15 is 0 Å². The molecule has 1 fully saturated rings. The minimum absolute atomic E-state index is 0.0145. The first-order valence-corrected chi connectivity index (χ1v) is 8.79. The highest BCUT2D eigenvalue weighted by Gasteiger charge is 2.29. The van der Waals surface area contributed by atoms with Crippen LogP contribution in [-0.4, -0.2) is 54.1 Å². The summed E-state index contributed by atoms with van der Waals surface area (Å²) in [6.45, 7) is 1.83. The van der Waals surface area contributed by atoms with Gasteiger partial charge >= 0.3 is 0 Å². The van der Waals surface area contributed by atoms with Crippen molar-refractivity contribution in [2.75, 3.05) is 20.1 Å². The third kappa shape index (κ3) is 6.48. The van der Waals surface area contributed by atoms with Gasteiger partial charge in [0.1, 0.15) is 5.92 Å². The molecule has 0 bridgehead atoms. The normalized spacial score (nSPS) is 18.5. The lowest BCUT2D eigenvalue weighted by molar-refractivity contribution is -0.135. The van der Waals surface area contributed by atoms with Gasteiger partial charge in [-0.2, -0.15) is 0 Å². The van der Waals surface area contributed by atoms with Gasteiger partial charge in [-0.3, -0.25) is 9.59 Å². The van der Waals surface area contributed by atoms with Gasteiger partial charge in [-0.25, -0.2) is 0 Å². The monoisotopic (exact) mass is 346 g/mol. The van der Waals surface area contributed by atoms with Gasteiger partial charge in [0.05, 0.1) is 6.10 Å². The van der Waals surface area contributed by atoms with Crippen molar-refractivity contribution in [1.82, 2.24) is 10.2 Å². The number of primary amides is 1. The second-order valence-corrected chi connectivity index (χ2v) is 6.77. The Morgan fingerprint density at radius 3 is 2.56 bits per heavy atom. The van der Waals surface area contributed by atoms with Crippen LogP contribution in [0.25, 0.3) is 0 Å². The second kappa shape index (κ2) is 9.53. The van der Waals surface area contributed by atoms with Gasteiger partial charge in [0.15, 0.2) is 0 Å². The summed E-state index contributed by atoms with van der Waals surface area (Å²) in [6.07, 6.45) is 3.15. The smallest absolute Gasteiger partial charge is 0.232 e. The van der Waals surface area contributed by atoms with Crippen molar-refractivity contribution in [1.29, 1.82) is 0 Å². The van der Waals surface area contributed by atoms with Crippen LogP contribution < -0.4 is 11.1 Å². The van der Waals surface area contributed by atoms with E-state index < -0.39 is 17.9 Å². The first-order chi connectivity index (χ1) is 12.0. The molecule has 6 nitrogen and oxygen atoms in total. The Hall–Kier alpha value is -1.92. The minimum atomic E-state index is -1.01. The molecule has 1 aliphatic heterocycles. The van der Waals surface area contributed by atoms with Crippen molar-refractivity contribution in [3.63, 3.8) is 0 Å². The average Bonchev–Trinajstić information content (AvgIpc) is 2.60. The Morgan fingerprint density at radius 2 is 1.96 bits per heavy atom. The van der Waals surface area contributed by atoms with Crippen LogP contribution in [0.2, 0.25) is 0 Å². The molecular weight excluding hydrogens is 318 g/mol. The average molecular weight is 346 g/mol. The lowest BCUT2D eigenvalue weighted by Crippen LogP contribution is -2.48. The number of aliphatic hydroxyl groups excluding tert-OH is 1. The van der Waals surface area contributed by atoms with Gasteiger partial charge in [-0.1, -0.05) is 30.3 Å². The fraction of sp³-hybridized carbons (Fsp3) is 0.526. The molecule has 0 saturated carbocycles. The summed E-state index contributed by atoms with van der Waals surface area (Å²) in [5.41, 5.74) is 6.45. The first kappa shape index (κ1) is 19.4. The van der Waals surface area contributed by atoms with Crippen LogP contribution >= 0.6 is 0 Å². The third-order valence-electron chi connectivity index (χ3n) is 4.67. The first-order valence-electron chi connectivity index (χ1n) is 8.79. The molecule has 0 aromatic heterocycles. The van der Waals surface area contributed by atoms with Crippen molar-refractivity contribution >= 4 is 11.8 Å². The van der Waals surface area contributed by atoms with E-state index in [0.29, 0.717) is 6.42 Å². The summed E-state index contributed by atoms with van der Waals surface area (Å²) in [7, 11) is 2.04. The van der Waals surface area contributed by atoms with Crippen molar-refractivity contribution < 1.29 is 14.7 Å². The standard InChI is InChI=1S/C19H28N3O3/c1-22-11-9-15(10-12-22)21-19(25)17(18(20)24)13-16(23)8-7-14-5-3-2-4-6-14/h2-6,8,15-17,23H,7,9-13H2,1H3,(H2,20,24)(H,21,25)/t16-,17+/m0/s1. The predicted molar refractivity (Wildman–Crippen MR) is 96.4 cm³/mol. The second-order valence-electron chi connectivity index (χ2n) is 6.77. The molecule has 1 aromatic rings. The molecule has 1 radical (unpaired) electrons. The summed E-state index contributed by atoms with van der Waals surface area (Å²) in [6, 6.07) is 9.77. The quantitative estimate of drug-likeness (QED) is 0.597. The molecule has 4 N–H and O–H groups in total. The highest BCUT2D eigenvalue weighted by atomic mass is 16.3. The third-order valence-corrected chi connectivity index (χ3v) is 4.67. The number of nitrogens with zero attached hydrogens (tertiary/aromatic N) is 1. The van der Waals surface area contributed by atoms with Gasteiger partial charge in [-0.15, -0.1) is 0 Å². The zero-order valence-corrected chi connectivity index (χ0v) is 14.7. The Balaban J connectivity index is 1.82. The van der Waals surface area contributed by atoms with E-state index in [1.165, 1.54) is 0 Å². The summed E-state index contributed by atoms with van der Waals surface area (Å²) >= 11 is 0. The van der Waals surface area contributed by atoms with Crippen LogP contribution in [0.15, 0.2) is 30.3 Å². The number of benzene rings is 1. The number of rotatable bonds is 8. The van der Waals surface area contributed by atoms with E-state index in [1.807, 2.05) is 37.4 Å². The molecule has 0 spiro atoms. The lowest BCUT2D eigenvalue weighted by Gasteiger charge is -2.30. The van der Waals surface area contributed by atoms with Crippen LogP contribution in [0.5, 0.6) is 0 Å². The van der Waals surface area contributed by atoms with E-state index in [9.17, 15) is 14.7 Å². The van der Waals surface area contributed by atoms with Crippen LogP contribution in [0.3, 0.4) is 0 Å². The van der Waals surface area contributed by atoms with Crippen LogP contribution in [0.1, 0.15) is 24.8 Å². The maximum Gasteiger partial charge on any atom is 0.232 e.